The summed E-state index contributed by atoms with van der Waals surface area (Å²) in [4.78, 5) is 12.3. The molecule has 4 heterocycles. The van der Waals surface area contributed by atoms with Gasteiger partial charge in [0.25, 0.3) is 0 Å². The summed E-state index contributed by atoms with van der Waals surface area (Å²) in [5.74, 6) is 1.97. The number of hydrogen-bond acceptors (Lipinski definition) is 9. The molecule has 2 aliphatic rings. The lowest BCUT2D eigenvalue weighted by molar-refractivity contribution is -0.0318. The monoisotopic (exact) mass is 421 g/mol. The maximum atomic E-state index is 14.9. The van der Waals surface area contributed by atoms with Crippen molar-refractivity contribution in [3.05, 3.63) is 12.7 Å². The smallest absolute Gasteiger partial charge is 0.174 e. The highest BCUT2D eigenvalue weighted by Gasteiger charge is 2.45. The van der Waals surface area contributed by atoms with Crippen molar-refractivity contribution in [3.63, 3.8) is 0 Å². The molecule has 4 rings (SSSR count). The number of rotatable bonds is 4. The number of nitrogens with zero attached hydrogens (tertiary/aromatic N) is 4. The van der Waals surface area contributed by atoms with Gasteiger partial charge in [-0.1, -0.05) is 29.7 Å². The highest BCUT2D eigenvalue weighted by molar-refractivity contribution is 9.00. The van der Waals surface area contributed by atoms with E-state index in [0.29, 0.717) is 17.8 Å². The van der Waals surface area contributed by atoms with Crippen LogP contribution < -0.4 is 5.73 Å². The third-order valence-electron chi connectivity index (χ3n) is 4.32. The number of fused-ring (bicyclic) bond motifs is 1. The van der Waals surface area contributed by atoms with Gasteiger partial charge < -0.3 is 15.0 Å². The minimum atomic E-state index is -1.89. The van der Waals surface area contributed by atoms with Crippen molar-refractivity contribution in [3.8, 4) is 0 Å². The van der Waals surface area contributed by atoms with Gasteiger partial charge in [-0.15, -0.1) is 0 Å². The fraction of sp³-hybridized carbons (Fsp3) is 0.615. The predicted octanol–water partition coefficient (Wildman–Crippen LogP) is 3.00. The molecule has 136 valence electrons. The summed E-state index contributed by atoms with van der Waals surface area (Å²) in [7, 11) is 0. The standard InChI is InChI=1S/C13H17FN5O2PS3/c1-7-8(4-20-22(23)24-2-3-25-22)21-13(9(7)14)19-6-18-10-11(15)16-5-17-12(10)19/h5-9,13H,2-4H2,1H3,(H2,15,16,17)/t7-,8-,9-,13-/m1/s1. The lowest BCUT2D eigenvalue weighted by Gasteiger charge is -2.19. The molecule has 0 radical (unpaired) electrons. The largest absolute Gasteiger partial charge is 0.382 e. The van der Waals surface area contributed by atoms with Crippen molar-refractivity contribution in [1.29, 1.82) is 0 Å². The Morgan fingerprint density at radius 3 is 2.96 bits per heavy atom. The molecule has 12 heteroatoms. The van der Waals surface area contributed by atoms with Crippen LogP contribution in [0.25, 0.3) is 11.2 Å². The summed E-state index contributed by atoms with van der Waals surface area (Å²) in [5.41, 5.74) is 6.70. The molecule has 7 nitrogen and oxygen atoms in total. The van der Waals surface area contributed by atoms with Gasteiger partial charge in [0.2, 0.25) is 0 Å². The summed E-state index contributed by atoms with van der Waals surface area (Å²) in [6.45, 7) is 2.13. The van der Waals surface area contributed by atoms with E-state index in [-0.39, 0.29) is 17.8 Å². The van der Waals surface area contributed by atoms with Gasteiger partial charge in [-0.3, -0.25) is 4.57 Å². The predicted molar refractivity (Wildman–Crippen MR) is 103 cm³/mol. The molecule has 2 aromatic rings. The number of alkyl halides is 1. The second-order valence-electron chi connectivity index (χ2n) is 5.86. The lowest BCUT2D eigenvalue weighted by atomic mass is 10.0. The number of nitrogens with two attached hydrogens (primary N) is 1. The molecule has 2 aliphatic heterocycles. The number of aromatic nitrogens is 4. The Balaban J connectivity index is 1.53. The molecule has 25 heavy (non-hydrogen) atoms. The molecule has 2 aromatic heterocycles. The number of anilines is 1. The van der Waals surface area contributed by atoms with Gasteiger partial charge in [0.05, 0.1) is 19.0 Å². The van der Waals surface area contributed by atoms with Gasteiger partial charge in [0.15, 0.2) is 28.5 Å². The van der Waals surface area contributed by atoms with Crippen LogP contribution in [-0.4, -0.2) is 49.9 Å². The third-order valence-corrected chi connectivity index (χ3v) is 14.2. The molecule has 0 aromatic carbocycles. The summed E-state index contributed by atoms with van der Waals surface area (Å²) < 4.78 is 26.5. The van der Waals surface area contributed by atoms with Gasteiger partial charge in [-0.05, 0) is 11.8 Å². The number of nitrogen functional groups attached to an aromatic ring is 1. The van der Waals surface area contributed by atoms with Crippen LogP contribution in [0, 0.1) is 5.92 Å². The normalized spacial score (nSPS) is 31.8. The molecule has 2 fully saturated rings. The van der Waals surface area contributed by atoms with Crippen molar-refractivity contribution < 1.29 is 13.7 Å². The number of imidazole rings is 1. The van der Waals surface area contributed by atoms with E-state index in [1.54, 1.807) is 27.3 Å². The first-order valence-corrected chi connectivity index (χ1v) is 13.6. The van der Waals surface area contributed by atoms with E-state index in [9.17, 15) is 4.39 Å². The first kappa shape index (κ1) is 17.9. The van der Waals surface area contributed by atoms with E-state index in [0.717, 1.165) is 11.5 Å². The minimum absolute atomic E-state index is 0.262. The van der Waals surface area contributed by atoms with Gasteiger partial charge >= 0.3 is 0 Å². The van der Waals surface area contributed by atoms with Crippen LogP contribution >= 0.6 is 27.4 Å². The van der Waals surface area contributed by atoms with Crippen molar-refractivity contribution in [1.82, 2.24) is 19.5 Å². The molecular weight excluding hydrogens is 404 g/mol. The Morgan fingerprint density at radius 1 is 1.44 bits per heavy atom. The maximum Gasteiger partial charge on any atom is 0.174 e. The Morgan fingerprint density at radius 2 is 2.20 bits per heavy atom. The number of hydrogen-bond donors (Lipinski definition) is 1. The van der Waals surface area contributed by atoms with E-state index < -0.39 is 17.1 Å². The number of ether oxygens (including phenoxy) is 1. The summed E-state index contributed by atoms with van der Waals surface area (Å²) in [5, 5.41) is 0. The van der Waals surface area contributed by atoms with E-state index in [1.165, 1.54) is 12.7 Å². The fourth-order valence-electron chi connectivity index (χ4n) is 2.88. The van der Waals surface area contributed by atoms with Crippen molar-refractivity contribution in [2.24, 2.45) is 5.92 Å². The molecule has 0 bridgehead atoms. The zero-order valence-corrected chi connectivity index (χ0v) is 16.7. The number of halogens is 1. The van der Waals surface area contributed by atoms with Gasteiger partial charge in [-0.25, -0.2) is 19.3 Å². The Hall–Kier alpha value is -0.450. The Labute approximate surface area is 157 Å². The Kier molecular flexibility index (Phi) is 4.98. The zero-order chi connectivity index (χ0) is 17.6. The third kappa shape index (κ3) is 3.30. The van der Waals surface area contributed by atoms with Crippen molar-refractivity contribution in [2.45, 2.75) is 25.4 Å². The Bertz CT molecular complexity index is 829. The second-order valence-corrected chi connectivity index (χ2v) is 16.6. The summed E-state index contributed by atoms with van der Waals surface area (Å²) >= 11 is 8.98. The topological polar surface area (TPSA) is 88.1 Å². The zero-order valence-electron chi connectivity index (χ0n) is 13.3. The highest BCUT2D eigenvalue weighted by atomic mass is 33.2. The van der Waals surface area contributed by atoms with Crippen LogP contribution in [0.5, 0.6) is 0 Å². The van der Waals surface area contributed by atoms with E-state index in [4.69, 9.17) is 26.8 Å². The average Bonchev–Trinajstić information content (AvgIpc) is 3.27. The molecule has 2 saturated heterocycles. The van der Waals surface area contributed by atoms with Crippen LogP contribution in [0.4, 0.5) is 10.2 Å². The van der Waals surface area contributed by atoms with E-state index >= 15 is 0 Å². The first-order valence-electron chi connectivity index (χ1n) is 7.75. The highest BCUT2D eigenvalue weighted by Crippen LogP contribution is 2.74. The minimum Gasteiger partial charge on any atom is -0.382 e. The van der Waals surface area contributed by atoms with Crippen LogP contribution in [0.2, 0.25) is 0 Å². The van der Waals surface area contributed by atoms with Crippen LogP contribution in [0.15, 0.2) is 12.7 Å². The first-order chi connectivity index (χ1) is 12.0. The van der Waals surface area contributed by atoms with Crippen LogP contribution in [0.1, 0.15) is 13.2 Å². The van der Waals surface area contributed by atoms with Crippen LogP contribution in [-0.2, 0) is 21.1 Å². The van der Waals surface area contributed by atoms with Gasteiger partial charge in [-0.2, -0.15) is 0 Å². The van der Waals surface area contributed by atoms with Crippen molar-refractivity contribution in [2.75, 3.05) is 23.8 Å². The molecule has 0 aliphatic carbocycles. The molecule has 2 N–H and O–H groups in total. The van der Waals surface area contributed by atoms with Gasteiger partial charge in [0, 0.05) is 17.4 Å². The molecule has 4 atom stereocenters. The lowest BCUT2D eigenvalue weighted by Crippen LogP contribution is -2.22. The average molecular weight is 421 g/mol. The molecule has 0 saturated carbocycles. The van der Waals surface area contributed by atoms with Crippen LogP contribution in [0.3, 0.4) is 0 Å². The molecule has 0 amide bonds. The SMILES string of the molecule is C[C@H]1[C@@H](F)[C@H](n2cnc3c(N)ncnc32)O[C@@H]1COP1(=S)SCCS1. The molecule has 0 unspecified atom stereocenters. The fourth-order valence-corrected chi connectivity index (χ4v) is 11.7. The quantitative estimate of drug-likeness (QED) is 0.749. The summed E-state index contributed by atoms with van der Waals surface area (Å²) in [6, 6.07) is 0. The van der Waals surface area contributed by atoms with E-state index in [1.807, 2.05) is 6.92 Å². The van der Waals surface area contributed by atoms with E-state index in [2.05, 4.69) is 15.0 Å². The van der Waals surface area contributed by atoms with Crippen molar-refractivity contribution >= 4 is 56.2 Å². The molecule has 0 spiro atoms. The maximum absolute atomic E-state index is 14.9. The van der Waals surface area contributed by atoms with Gasteiger partial charge in [0.1, 0.15) is 11.8 Å². The second kappa shape index (κ2) is 6.94. The summed E-state index contributed by atoms with van der Waals surface area (Å²) in [6.07, 6.45) is 0.449. The molecular formula is C13H17FN5O2PS3.